The number of rotatable bonds is 5. The first-order valence-electron chi connectivity index (χ1n) is 7.22. The van der Waals surface area contributed by atoms with E-state index in [9.17, 15) is 18.4 Å². The highest BCUT2D eigenvalue weighted by Crippen LogP contribution is 2.31. The quantitative estimate of drug-likeness (QED) is 0.659. The van der Waals surface area contributed by atoms with Gasteiger partial charge in [-0.15, -0.1) is 0 Å². The number of hydrogen-bond acceptors (Lipinski definition) is 4. The lowest BCUT2D eigenvalue weighted by Gasteiger charge is -2.33. The van der Waals surface area contributed by atoms with Crippen LogP contribution in [0.5, 0.6) is 0 Å². The van der Waals surface area contributed by atoms with Crippen LogP contribution in [0.15, 0.2) is 29.5 Å². The second kappa shape index (κ2) is 7.39. The Kier molecular flexibility index (Phi) is 5.50. The van der Waals surface area contributed by atoms with Crippen molar-refractivity contribution in [1.29, 1.82) is 0 Å². The Balaban J connectivity index is 2.40. The average molecular weight is 340 g/mol. The van der Waals surface area contributed by atoms with E-state index >= 15 is 0 Å². The van der Waals surface area contributed by atoms with Crippen LogP contribution >= 0.6 is 0 Å². The highest BCUT2D eigenvalue weighted by atomic mass is 19.2. The summed E-state index contributed by atoms with van der Waals surface area (Å²) in [6.45, 7) is 1.84. The summed E-state index contributed by atoms with van der Waals surface area (Å²) in [5, 5.41) is 2.59. The van der Waals surface area contributed by atoms with E-state index in [0.717, 1.165) is 12.1 Å². The summed E-state index contributed by atoms with van der Waals surface area (Å²) in [6, 6.07) is 1.80. The predicted molar refractivity (Wildman–Crippen MR) is 80.9 cm³/mol. The van der Waals surface area contributed by atoms with Crippen LogP contribution in [0.3, 0.4) is 0 Å². The molecule has 1 heterocycles. The zero-order chi connectivity index (χ0) is 17.9. The SMILES string of the molecule is COCCOC(=O)C1=C(C)N(C)C(=O)N[C@H]1c1ccc(F)c(F)c1. The van der Waals surface area contributed by atoms with Crippen molar-refractivity contribution in [2.45, 2.75) is 13.0 Å². The third-order valence-corrected chi connectivity index (χ3v) is 3.77. The van der Waals surface area contributed by atoms with Crippen molar-refractivity contribution in [2.24, 2.45) is 0 Å². The second-order valence-electron chi connectivity index (χ2n) is 5.24. The number of methoxy groups -OCH3 is 1. The second-order valence-corrected chi connectivity index (χ2v) is 5.24. The fraction of sp³-hybridized carbons (Fsp3) is 0.375. The first-order valence-corrected chi connectivity index (χ1v) is 7.22. The molecule has 0 saturated heterocycles. The summed E-state index contributed by atoms with van der Waals surface area (Å²) in [6.07, 6.45) is 0. The molecule has 130 valence electrons. The molecule has 2 rings (SSSR count). The minimum Gasteiger partial charge on any atom is -0.460 e. The molecule has 1 aromatic carbocycles. The van der Waals surface area contributed by atoms with Crippen LogP contribution < -0.4 is 5.32 Å². The van der Waals surface area contributed by atoms with Crippen LogP contribution in [-0.4, -0.2) is 44.3 Å². The lowest BCUT2D eigenvalue weighted by Crippen LogP contribution is -2.46. The fourth-order valence-electron chi connectivity index (χ4n) is 2.34. The minimum atomic E-state index is -1.06. The van der Waals surface area contributed by atoms with Crippen molar-refractivity contribution in [2.75, 3.05) is 27.4 Å². The number of amides is 2. The number of benzene rings is 1. The Morgan fingerprint density at radius 1 is 1.29 bits per heavy atom. The summed E-state index contributed by atoms with van der Waals surface area (Å²) in [5.41, 5.74) is 0.767. The van der Waals surface area contributed by atoms with Gasteiger partial charge in [-0.1, -0.05) is 6.07 Å². The number of carbonyl (C=O) groups excluding carboxylic acids is 2. The molecular weight excluding hydrogens is 322 g/mol. The van der Waals surface area contributed by atoms with E-state index in [1.54, 1.807) is 6.92 Å². The molecule has 0 unspecified atom stereocenters. The lowest BCUT2D eigenvalue weighted by molar-refractivity contribution is -0.140. The summed E-state index contributed by atoms with van der Waals surface area (Å²) in [5.74, 6) is -2.74. The summed E-state index contributed by atoms with van der Waals surface area (Å²) < 4.78 is 36.6. The van der Waals surface area contributed by atoms with Crippen LogP contribution in [0.4, 0.5) is 13.6 Å². The Bertz CT molecular complexity index is 691. The number of hydrogen-bond donors (Lipinski definition) is 1. The lowest BCUT2D eigenvalue weighted by atomic mass is 9.95. The van der Waals surface area contributed by atoms with Crippen LogP contribution in [-0.2, 0) is 14.3 Å². The zero-order valence-electron chi connectivity index (χ0n) is 13.6. The number of carbonyl (C=O) groups is 2. The zero-order valence-corrected chi connectivity index (χ0v) is 13.6. The molecule has 1 aliphatic heterocycles. The highest BCUT2D eigenvalue weighted by molar-refractivity contribution is 5.94. The molecule has 1 aliphatic rings. The van der Waals surface area contributed by atoms with Crippen LogP contribution in [0.25, 0.3) is 0 Å². The Hall–Kier alpha value is -2.48. The Morgan fingerprint density at radius 3 is 2.62 bits per heavy atom. The van der Waals surface area contributed by atoms with Gasteiger partial charge in [0.1, 0.15) is 6.61 Å². The van der Waals surface area contributed by atoms with Gasteiger partial charge in [0, 0.05) is 19.9 Å². The molecule has 8 heteroatoms. The topological polar surface area (TPSA) is 67.9 Å². The van der Waals surface area contributed by atoms with Gasteiger partial charge in [-0.3, -0.25) is 0 Å². The number of urea groups is 1. The van der Waals surface area contributed by atoms with E-state index in [1.807, 2.05) is 0 Å². The van der Waals surface area contributed by atoms with Crippen molar-refractivity contribution in [3.05, 3.63) is 46.7 Å². The molecule has 0 aliphatic carbocycles. The van der Waals surface area contributed by atoms with Crippen molar-refractivity contribution in [3.8, 4) is 0 Å². The normalized spacial score (nSPS) is 17.8. The van der Waals surface area contributed by atoms with E-state index in [0.29, 0.717) is 5.70 Å². The van der Waals surface area contributed by atoms with Crippen molar-refractivity contribution >= 4 is 12.0 Å². The standard InChI is InChI=1S/C16H18F2N2O4/c1-9-13(15(21)24-7-6-23-3)14(19-16(22)20(9)2)10-4-5-11(17)12(18)8-10/h4-5,8,14H,6-7H2,1-3H3,(H,19,22)/t14-/m0/s1. The molecule has 0 bridgehead atoms. The maximum Gasteiger partial charge on any atom is 0.338 e. The molecule has 1 atom stereocenters. The molecule has 0 fully saturated rings. The molecule has 0 saturated carbocycles. The van der Waals surface area contributed by atoms with Gasteiger partial charge < -0.3 is 19.7 Å². The van der Waals surface area contributed by atoms with E-state index in [4.69, 9.17) is 9.47 Å². The van der Waals surface area contributed by atoms with E-state index < -0.39 is 29.7 Å². The van der Waals surface area contributed by atoms with Gasteiger partial charge >= 0.3 is 12.0 Å². The van der Waals surface area contributed by atoms with Gasteiger partial charge in [-0.05, 0) is 24.6 Å². The molecule has 2 amide bonds. The summed E-state index contributed by atoms with van der Waals surface area (Å²) in [7, 11) is 2.96. The number of nitrogens with one attached hydrogen (secondary N) is 1. The predicted octanol–water partition coefficient (Wildman–Crippen LogP) is 2.12. The van der Waals surface area contributed by atoms with Crippen molar-refractivity contribution in [1.82, 2.24) is 10.2 Å². The smallest absolute Gasteiger partial charge is 0.338 e. The minimum absolute atomic E-state index is 0.0360. The number of nitrogens with zero attached hydrogens (tertiary/aromatic N) is 1. The maximum absolute atomic E-state index is 13.5. The van der Waals surface area contributed by atoms with Crippen LogP contribution in [0.1, 0.15) is 18.5 Å². The number of halogens is 2. The molecule has 24 heavy (non-hydrogen) atoms. The van der Waals surface area contributed by atoms with Crippen molar-refractivity contribution in [3.63, 3.8) is 0 Å². The maximum atomic E-state index is 13.5. The van der Waals surface area contributed by atoms with Gasteiger partial charge in [-0.2, -0.15) is 0 Å². The Labute approximate surface area is 138 Å². The Morgan fingerprint density at radius 2 is 2.00 bits per heavy atom. The van der Waals surface area contributed by atoms with Gasteiger partial charge in [-0.25, -0.2) is 18.4 Å². The molecule has 1 aromatic rings. The molecular formula is C16H18F2N2O4. The molecule has 0 spiro atoms. The fourth-order valence-corrected chi connectivity index (χ4v) is 2.34. The summed E-state index contributed by atoms with van der Waals surface area (Å²) >= 11 is 0. The first kappa shape index (κ1) is 17.9. The van der Waals surface area contributed by atoms with Crippen molar-refractivity contribution < 1.29 is 27.8 Å². The highest BCUT2D eigenvalue weighted by Gasteiger charge is 2.35. The van der Waals surface area contributed by atoms with E-state index in [2.05, 4.69) is 5.32 Å². The molecule has 0 aromatic heterocycles. The third-order valence-electron chi connectivity index (χ3n) is 3.77. The largest absolute Gasteiger partial charge is 0.460 e. The van der Waals surface area contributed by atoms with E-state index in [-0.39, 0.29) is 24.4 Å². The number of esters is 1. The van der Waals surface area contributed by atoms with Gasteiger partial charge in [0.15, 0.2) is 11.6 Å². The molecule has 1 N–H and O–H groups in total. The molecule has 0 radical (unpaired) electrons. The third kappa shape index (κ3) is 3.53. The van der Waals surface area contributed by atoms with Gasteiger partial charge in [0.05, 0.1) is 18.2 Å². The van der Waals surface area contributed by atoms with Crippen LogP contribution in [0.2, 0.25) is 0 Å². The van der Waals surface area contributed by atoms with Crippen LogP contribution in [0, 0.1) is 11.6 Å². The van der Waals surface area contributed by atoms with E-state index in [1.165, 1.54) is 25.1 Å². The first-order chi connectivity index (χ1) is 11.4. The number of allylic oxidation sites excluding steroid dienone is 1. The molecule has 6 nitrogen and oxygen atoms in total. The van der Waals surface area contributed by atoms with Gasteiger partial charge in [0.2, 0.25) is 0 Å². The van der Waals surface area contributed by atoms with Gasteiger partial charge in [0.25, 0.3) is 0 Å². The average Bonchev–Trinajstić information content (AvgIpc) is 2.55. The monoisotopic (exact) mass is 340 g/mol. The summed E-state index contributed by atoms with van der Waals surface area (Å²) in [4.78, 5) is 25.7. The number of ether oxygens (including phenoxy) is 2.